The summed E-state index contributed by atoms with van der Waals surface area (Å²) in [5.41, 5.74) is 6.61. The van der Waals surface area contributed by atoms with Crippen LogP contribution in [0.15, 0.2) is 58.5 Å². The summed E-state index contributed by atoms with van der Waals surface area (Å²) < 4.78 is 14.1. The van der Waals surface area contributed by atoms with E-state index in [2.05, 4.69) is 27.2 Å². The molecule has 1 aromatic carbocycles. The van der Waals surface area contributed by atoms with Gasteiger partial charge in [0, 0.05) is 18.8 Å². The number of nitrogens with one attached hydrogen (secondary N) is 2. The Bertz CT molecular complexity index is 782. The molecule has 8 heteroatoms. The molecule has 0 unspecified atom stereocenters. The van der Waals surface area contributed by atoms with Crippen LogP contribution in [-0.2, 0) is 0 Å². The zero-order valence-electron chi connectivity index (χ0n) is 15.2. The molecule has 144 valence electrons. The zero-order chi connectivity index (χ0) is 19.2. The van der Waals surface area contributed by atoms with E-state index in [-0.39, 0.29) is 18.5 Å². The summed E-state index contributed by atoms with van der Waals surface area (Å²) in [5.74, 6) is 1.11. The fraction of sp³-hybridized carbons (Fsp3) is 0.368. The van der Waals surface area contributed by atoms with Gasteiger partial charge in [-0.3, -0.25) is 4.90 Å². The molecule has 7 nitrogen and oxygen atoms in total. The third-order valence-electron chi connectivity index (χ3n) is 4.56. The first-order chi connectivity index (χ1) is 13.1. The number of hydrogen-bond acceptors (Lipinski definition) is 6. The van der Waals surface area contributed by atoms with Crippen molar-refractivity contribution in [2.75, 3.05) is 18.5 Å². The number of para-hydroxylation sites is 1. The average Bonchev–Trinajstić information content (AvgIpc) is 3.29. The molecule has 0 amide bonds. The second kappa shape index (κ2) is 8.68. The second-order valence-corrected chi connectivity index (χ2v) is 6.43. The number of aliphatic imine (C=N–C) groups is 2. The Kier molecular flexibility index (Phi) is 6.08. The Balaban J connectivity index is 1.93. The number of nitrogens with zero attached hydrogens (tertiary/aromatic N) is 3. The lowest BCUT2D eigenvalue weighted by atomic mass is 10.2. The van der Waals surface area contributed by atoms with Crippen molar-refractivity contribution in [2.24, 2.45) is 15.7 Å². The number of rotatable bonds is 6. The van der Waals surface area contributed by atoms with Gasteiger partial charge in [-0.15, -0.1) is 0 Å². The lowest BCUT2D eigenvalue weighted by Crippen LogP contribution is -2.43. The van der Waals surface area contributed by atoms with Gasteiger partial charge in [-0.25, -0.2) is 14.4 Å². The molecule has 2 aliphatic rings. The van der Waals surface area contributed by atoms with E-state index in [1.807, 2.05) is 4.90 Å². The Morgan fingerprint density at radius 3 is 2.81 bits per heavy atom. The van der Waals surface area contributed by atoms with E-state index in [0.717, 1.165) is 25.7 Å². The maximum atomic E-state index is 14.1. The molecule has 0 atom stereocenters. The quantitative estimate of drug-likeness (QED) is 0.613. The van der Waals surface area contributed by atoms with Crippen LogP contribution in [0.2, 0.25) is 0 Å². The van der Waals surface area contributed by atoms with E-state index in [0.29, 0.717) is 35.5 Å². The van der Waals surface area contributed by atoms with Crippen LogP contribution in [0, 0.1) is 5.82 Å². The molecular weight excluding hydrogens is 347 g/mol. The van der Waals surface area contributed by atoms with Gasteiger partial charge in [0.15, 0.2) is 5.84 Å². The number of halogens is 1. The van der Waals surface area contributed by atoms with Crippen molar-refractivity contribution in [3.8, 4) is 0 Å². The predicted molar refractivity (Wildman–Crippen MR) is 105 cm³/mol. The third kappa shape index (κ3) is 4.28. The molecule has 0 bridgehead atoms. The van der Waals surface area contributed by atoms with E-state index in [1.165, 1.54) is 12.3 Å². The highest BCUT2D eigenvalue weighted by Crippen LogP contribution is 2.30. The molecule has 0 saturated heterocycles. The first-order valence-electron chi connectivity index (χ1n) is 9.08. The van der Waals surface area contributed by atoms with Crippen molar-refractivity contribution >= 4 is 17.5 Å². The van der Waals surface area contributed by atoms with Gasteiger partial charge in [0.25, 0.3) is 0 Å². The van der Waals surface area contributed by atoms with Crippen LogP contribution in [0.5, 0.6) is 0 Å². The molecule has 1 aliphatic heterocycles. The van der Waals surface area contributed by atoms with Crippen LogP contribution in [0.3, 0.4) is 0 Å². The van der Waals surface area contributed by atoms with Gasteiger partial charge >= 0.3 is 0 Å². The maximum absolute atomic E-state index is 14.1. The number of guanidine groups is 1. The Labute approximate surface area is 158 Å². The molecule has 0 spiro atoms. The third-order valence-corrected chi connectivity index (χ3v) is 4.56. The monoisotopic (exact) mass is 372 g/mol. The summed E-state index contributed by atoms with van der Waals surface area (Å²) in [6, 6.07) is 6.65. The fourth-order valence-corrected chi connectivity index (χ4v) is 3.31. The summed E-state index contributed by atoms with van der Waals surface area (Å²) in [5, 5.41) is 15.0. The predicted octanol–water partition coefficient (Wildman–Crippen LogP) is 2.10. The minimum atomic E-state index is -0.357. The van der Waals surface area contributed by atoms with Gasteiger partial charge in [-0.1, -0.05) is 31.6 Å². The van der Waals surface area contributed by atoms with Crippen LogP contribution < -0.4 is 16.4 Å². The van der Waals surface area contributed by atoms with Crippen LogP contribution in [0.1, 0.15) is 25.7 Å². The number of aliphatic hydroxyl groups is 1. The van der Waals surface area contributed by atoms with E-state index in [4.69, 9.17) is 10.8 Å². The highest BCUT2D eigenvalue weighted by atomic mass is 19.1. The molecule has 27 heavy (non-hydrogen) atoms. The van der Waals surface area contributed by atoms with E-state index in [1.54, 1.807) is 18.2 Å². The smallest absolute Gasteiger partial charge is 0.210 e. The topological polar surface area (TPSA) is 98.3 Å². The number of aliphatic hydroxyl groups excluding tert-OH is 1. The molecular formula is C19H25FN6O. The molecule has 0 aromatic heterocycles. The number of benzene rings is 1. The molecule has 1 fully saturated rings. The fourth-order valence-electron chi connectivity index (χ4n) is 3.31. The Morgan fingerprint density at radius 2 is 2.15 bits per heavy atom. The zero-order valence-corrected chi connectivity index (χ0v) is 15.2. The number of anilines is 1. The number of hydrogen-bond donors (Lipinski definition) is 4. The van der Waals surface area contributed by atoms with Gasteiger partial charge in [0.05, 0.1) is 12.3 Å². The first kappa shape index (κ1) is 18.9. The molecule has 1 aromatic rings. The van der Waals surface area contributed by atoms with Crippen LogP contribution in [0.4, 0.5) is 10.1 Å². The molecule has 3 rings (SSSR count). The summed E-state index contributed by atoms with van der Waals surface area (Å²) in [6.07, 6.45) is 5.60. The molecule has 1 saturated carbocycles. The standard InChI is InChI=1S/C19H25FN6O/c1-13(22-10-11-27)23-18-17(12-21)25-19(26(18)14-6-2-3-7-14)24-16-9-5-4-8-15(16)20/h4-5,8-9,12,14,22,27H,1-3,6-7,10-11,21H2,(H,24,25)/b17-12+,23-18+. The van der Waals surface area contributed by atoms with Gasteiger partial charge in [0.1, 0.15) is 17.3 Å². The van der Waals surface area contributed by atoms with Gasteiger partial charge in [0.2, 0.25) is 5.96 Å². The van der Waals surface area contributed by atoms with Crippen molar-refractivity contribution in [3.05, 3.63) is 54.4 Å². The van der Waals surface area contributed by atoms with E-state index >= 15 is 0 Å². The first-order valence-corrected chi connectivity index (χ1v) is 9.08. The van der Waals surface area contributed by atoms with Gasteiger partial charge in [-0.2, -0.15) is 0 Å². The largest absolute Gasteiger partial charge is 0.403 e. The summed E-state index contributed by atoms with van der Waals surface area (Å²) in [7, 11) is 0. The van der Waals surface area contributed by atoms with Crippen molar-refractivity contribution < 1.29 is 9.50 Å². The van der Waals surface area contributed by atoms with E-state index in [9.17, 15) is 4.39 Å². The van der Waals surface area contributed by atoms with Crippen molar-refractivity contribution in [1.82, 2.24) is 10.2 Å². The van der Waals surface area contributed by atoms with Crippen molar-refractivity contribution in [3.63, 3.8) is 0 Å². The van der Waals surface area contributed by atoms with Crippen molar-refractivity contribution in [2.45, 2.75) is 31.7 Å². The van der Waals surface area contributed by atoms with Gasteiger partial charge < -0.3 is 21.5 Å². The van der Waals surface area contributed by atoms with Crippen LogP contribution in [0.25, 0.3) is 0 Å². The molecule has 1 aliphatic carbocycles. The SMILES string of the molecule is C=C(/N=C1\C(=C/N)N=C(Nc2ccccc2F)N1C1CCCC1)NCCO. The normalized spacial score (nSPS) is 20.4. The van der Waals surface area contributed by atoms with Crippen molar-refractivity contribution in [1.29, 1.82) is 0 Å². The average molecular weight is 372 g/mol. The second-order valence-electron chi connectivity index (χ2n) is 6.43. The Hall–Kier alpha value is -2.87. The minimum absolute atomic E-state index is 0.0214. The highest BCUT2D eigenvalue weighted by molar-refractivity contribution is 6.18. The minimum Gasteiger partial charge on any atom is -0.403 e. The van der Waals surface area contributed by atoms with Gasteiger partial charge in [-0.05, 0) is 25.0 Å². The summed E-state index contributed by atoms with van der Waals surface area (Å²) >= 11 is 0. The molecule has 5 N–H and O–H groups in total. The Morgan fingerprint density at radius 1 is 1.41 bits per heavy atom. The summed E-state index contributed by atoms with van der Waals surface area (Å²) in [4.78, 5) is 11.0. The highest BCUT2D eigenvalue weighted by Gasteiger charge is 2.36. The van der Waals surface area contributed by atoms with Crippen LogP contribution in [-0.4, -0.2) is 41.0 Å². The summed E-state index contributed by atoms with van der Waals surface area (Å²) in [6.45, 7) is 4.20. The lowest BCUT2D eigenvalue weighted by molar-refractivity contribution is 0.297. The number of nitrogens with two attached hydrogens (primary N) is 1. The molecule has 0 radical (unpaired) electrons. The van der Waals surface area contributed by atoms with E-state index < -0.39 is 0 Å². The maximum Gasteiger partial charge on any atom is 0.210 e. The number of amidine groups is 1. The lowest BCUT2D eigenvalue weighted by Gasteiger charge is -2.28. The van der Waals surface area contributed by atoms with Crippen LogP contribution >= 0.6 is 0 Å². The molecule has 1 heterocycles.